The molecule has 102 valence electrons. The zero-order chi connectivity index (χ0) is 14.3. The normalized spacial score (nSPS) is 12.7. The monoisotopic (exact) mass is 273 g/mol. The molecule has 0 unspecified atom stereocenters. The number of rotatable bonds is 2. The molecule has 0 aliphatic carbocycles. The third-order valence-electron chi connectivity index (χ3n) is 2.40. The number of nitrogens with zero attached hydrogens (tertiary/aromatic N) is 3. The van der Waals surface area contributed by atoms with Gasteiger partial charge in [-0.2, -0.15) is 23.1 Å². The zero-order valence-corrected chi connectivity index (χ0v) is 9.76. The highest BCUT2D eigenvalue weighted by molar-refractivity contribution is 5.34. The standard InChI is InChI=1S/C11H10F3N3O2/c1-10(18,19)9-6-15-17(16-9)8-4-2-7(3-5-8)11(12,13)14/h2-6,18-19H,1H3. The predicted octanol–water partition coefficient (Wildman–Crippen LogP) is 1.44. The van der Waals surface area contributed by atoms with Crippen LogP contribution in [0.5, 0.6) is 0 Å². The Labute approximate surface area is 105 Å². The van der Waals surface area contributed by atoms with Crippen molar-refractivity contribution in [1.82, 2.24) is 15.0 Å². The van der Waals surface area contributed by atoms with Gasteiger partial charge in [-0.3, -0.25) is 0 Å². The van der Waals surface area contributed by atoms with Crippen LogP contribution in [0, 0.1) is 0 Å². The average molecular weight is 273 g/mol. The number of hydrogen-bond acceptors (Lipinski definition) is 4. The van der Waals surface area contributed by atoms with Crippen LogP contribution in [0.25, 0.3) is 5.69 Å². The van der Waals surface area contributed by atoms with E-state index in [1.807, 2.05) is 0 Å². The zero-order valence-electron chi connectivity index (χ0n) is 9.76. The number of benzene rings is 1. The van der Waals surface area contributed by atoms with E-state index in [0.717, 1.165) is 30.0 Å². The van der Waals surface area contributed by atoms with Gasteiger partial charge in [-0.1, -0.05) is 0 Å². The molecule has 0 atom stereocenters. The maximum absolute atomic E-state index is 12.4. The van der Waals surface area contributed by atoms with Crippen LogP contribution in [-0.2, 0) is 12.0 Å². The van der Waals surface area contributed by atoms with Gasteiger partial charge in [-0.25, -0.2) is 0 Å². The molecule has 0 aliphatic rings. The van der Waals surface area contributed by atoms with Crippen molar-refractivity contribution in [2.45, 2.75) is 18.9 Å². The molecule has 1 heterocycles. The molecule has 2 rings (SSSR count). The number of aliphatic hydroxyl groups is 2. The summed E-state index contributed by atoms with van der Waals surface area (Å²) >= 11 is 0. The van der Waals surface area contributed by atoms with Gasteiger partial charge >= 0.3 is 6.18 Å². The molecule has 1 aromatic heterocycles. The second-order valence-electron chi connectivity index (χ2n) is 4.08. The molecule has 0 fully saturated rings. The van der Waals surface area contributed by atoms with Crippen LogP contribution in [0.1, 0.15) is 18.2 Å². The van der Waals surface area contributed by atoms with Crippen LogP contribution >= 0.6 is 0 Å². The summed E-state index contributed by atoms with van der Waals surface area (Å²) in [7, 11) is 0. The van der Waals surface area contributed by atoms with Gasteiger partial charge in [0.2, 0.25) is 5.79 Å². The van der Waals surface area contributed by atoms with E-state index in [2.05, 4.69) is 10.2 Å². The molecule has 0 radical (unpaired) electrons. The van der Waals surface area contributed by atoms with Crippen molar-refractivity contribution in [2.75, 3.05) is 0 Å². The van der Waals surface area contributed by atoms with Crippen molar-refractivity contribution in [3.63, 3.8) is 0 Å². The SMILES string of the molecule is CC(O)(O)c1cnn(-c2ccc(C(F)(F)F)cc2)n1. The third kappa shape index (κ3) is 2.91. The molecule has 1 aromatic carbocycles. The molecule has 0 amide bonds. The highest BCUT2D eigenvalue weighted by atomic mass is 19.4. The summed E-state index contributed by atoms with van der Waals surface area (Å²) in [5.74, 6) is -2.15. The van der Waals surface area contributed by atoms with Crippen LogP contribution in [0.15, 0.2) is 30.5 Å². The Balaban J connectivity index is 2.31. The number of alkyl halides is 3. The van der Waals surface area contributed by atoms with Gasteiger partial charge < -0.3 is 10.2 Å². The first-order chi connectivity index (χ1) is 8.68. The summed E-state index contributed by atoms with van der Waals surface area (Å²) in [6.45, 7) is 1.11. The van der Waals surface area contributed by atoms with Crippen LogP contribution in [0.4, 0.5) is 13.2 Å². The lowest BCUT2D eigenvalue weighted by Crippen LogP contribution is -2.20. The van der Waals surface area contributed by atoms with E-state index in [1.54, 1.807) is 0 Å². The Morgan fingerprint density at radius 3 is 2.11 bits per heavy atom. The lowest BCUT2D eigenvalue weighted by molar-refractivity contribution is -0.156. The predicted molar refractivity (Wildman–Crippen MR) is 58.2 cm³/mol. The van der Waals surface area contributed by atoms with Gasteiger partial charge in [0, 0.05) is 0 Å². The van der Waals surface area contributed by atoms with Crippen molar-refractivity contribution in [3.8, 4) is 5.69 Å². The van der Waals surface area contributed by atoms with Gasteiger partial charge in [0.05, 0.1) is 17.4 Å². The maximum atomic E-state index is 12.4. The first-order valence-corrected chi connectivity index (χ1v) is 5.23. The lowest BCUT2D eigenvalue weighted by atomic mass is 10.2. The molecule has 2 aromatic rings. The fourth-order valence-electron chi connectivity index (χ4n) is 1.39. The Kier molecular flexibility index (Phi) is 3.07. The summed E-state index contributed by atoms with van der Waals surface area (Å²) in [5, 5.41) is 26.1. The first-order valence-electron chi connectivity index (χ1n) is 5.23. The van der Waals surface area contributed by atoms with Crippen molar-refractivity contribution in [3.05, 3.63) is 41.7 Å². The molecule has 0 aliphatic heterocycles. The Bertz CT molecular complexity index is 570. The highest BCUT2D eigenvalue weighted by Gasteiger charge is 2.30. The molecule has 0 saturated heterocycles. The number of halogens is 3. The molecule has 8 heteroatoms. The third-order valence-corrected chi connectivity index (χ3v) is 2.40. The summed E-state index contributed by atoms with van der Waals surface area (Å²) in [5.41, 5.74) is -0.603. The Morgan fingerprint density at radius 1 is 1.11 bits per heavy atom. The van der Waals surface area contributed by atoms with Gasteiger partial charge in [0.25, 0.3) is 0 Å². The van der Waals surface area contributed by atoms with Gasteiger partial charge in [0.1, 0.15) is 5.69 Å². The van der Waals surface area contributed by atoms with Crippen molar-refractivity contribution in [1.29, 1.82) is 0 Å². The molecule has 2 N–H and O–H groups in total. The maximum Gasteiger partial charge on any atom is 0.416 e. The topological polar surface area (TPSA) is 71.2 Å². The fourth-order valence-corrected chi connectivity index (χ4v) is 1.39. The van der Waals surface area contributed by atoms with E-state index in [9.17, 15) is 23.4 Å². The Hall–Kier alpha value is -1.93. The average Bonchev–Trinajstić information content (AvgIpc) is 2.77. The number of aromatic nitrogens is 3. The minimum atomic E-state index is -4.41. The summed E-state index contributed by atoms with van der Waals surface area (Å²) in [6, 6.07) is 4.18. The smallest absolute Gasteiger partial charge is 0.361 e. The second kappa shape index (κ2) is 4.32. The van der Waals surface area contributed by atoms with Crippen LogP contribution in [0.3, 0.4) is 0 Å². The van der Waals surface area contributed by atoms with Crippen LogP contribution < -0.4 is 0 Å². The van der Waals surface area contributed by atoms with Crippen LogP contribution in [0.2, 0.25) is 0 Å². The Morgan fingerprint density at radius 2 is 1.68 bits per heavy atom. The highest BCUT2D eigenvalue weighted by Crippen LogP contribution is 2.29. The minimum Gasteiger partial charge on any atom is -0.361 e. The van der Waals surface area contributed by atoms with Gasteiger partial charge in [-0.05, 0) is 31.2 Å². The van der Waals surface area contributed by atoms with E-state index in [4.69, 9.17) is 0 Å². The fraction of sp³-hybridized carbons (Fsp3) is 0.273. The van der Waals surface area contributed by atoms with E-state index < -0.39 is 17.5 Å². The first kappa shape index (κ1) is 13.5. The molecule has 0 saturated carbocycles. The summed E-state index contributed by atoms with van der Waals surface area (Å²) in [4.78, 5) is 1.01. The molecule has 0 spiro atoms. The summed E-state index contributed by atoms with van der Waals surface area (Å²) in [6.07, 6.45) is -3.28. The quantitative estimate of drug-likeness (QED) is 0.812. The van der Waals surface area contributed by atoms with Gasteiger partial charge in [-0.15, -0.1) is 5.10 Å². The molecular weight excluding hydrogens is 263 g/mol. The molecule has 0 bridgehead atoms. The van der Waals surface area contributed by atoms with Crippen LogP contribution in [-0.4, -0.2) is 25.2 Å². The molecule has 5 nitrogen and oxygen atoms in total. The van der Waals surface area contributed by atoms with E-state index in [1.165, 1.54) is 12.1 Å². The van der Waals surface area contributed by atoms with E-state index >= 15 is 0 Å². The van der Waals surface area contributed by atoms with Crippen molar-refractivity contribution < 1.29 is 23.4 Å². The van der Waals surface area contributed by atoms with E-state index in [-0.39, 0.29) is 11.4 Å². The van der Waals surface area contributed by atoms with Crippen molar-refractivity contribution >= 4 is 0 Å². The lowest BCUT2D eigenvalue weighted by Gasteiger charge is -2.10. The van der Waals surface area contributed by atoms with Gasteiger partial charge in [0.15, 0.2) is 0 Å². The summed E-state index contributed by atoms with van der Waals surface area (Å²) < 4.78 is 37.1. The second-order valence-corrected chi connectivity index (χ2v) is 4.08. The largest absolute Gasteiger partial charge is 0.416 e. The molecular formula is C11H10F3N3O2. The van der Waals surface area contributed by atoms with Crippen molar-refractivity contribution in [2.24, 2.45) is 0 Å². The molecule has 19 heavy (non-hydrogen) atoms. The van der Waals surface area contributed by atoms with E-state index in [0.29, 0.717) is 0 Å². The minimum absolute atomic E-state index is 0.104. The number of hydrogen-bond donors (Lipinski definition) is 2.